The van der Waals surface area contributed by atoms with Crippen LogP contribution in [-0.4, -0.2) is 45.3 Å². The van der Waals surface area contributed by atoms with Gasteiger partial charge in [0.25, 0.3) is 0 Å². The molecule has 0 bridgehead atoms. The van der Waals surface area contributed by atoms with E-state index in [2.05, 4.69) is 10.2 Å². The predicted octanol–water partition coefficient (Wildman–Crippen LogP) is 1.01. The number of ether oxygens (including phenoxy) is 1. The first-order valence-electron chi connectivity index (χ1n) is 8.02. The zero-order chi connectivity index (χ0) is 18.8. The molecule has 0 spiro atoms. The molecule has 1 aliphatic rings. The molecule has 140 valence electrons. The predicted molar refractivity (Wildman–Crippen MR) is 84.6 cm³/mol. The van der Waals surface area contributed by atoms with Crippen molar-refractivity contribution in [2.45, 2.75) is 32.0 Å². The second-order valence-electron chi connectivity index (χ2n) is 6.10. The van der Waals surface area contributed by atoms with Gasteiger partial charge in [0.2, 0.25) is 5.91 Å². The third kappa shape index (κ3) is 3.64. The second-order valence-corrected chi connectivity index (χ2v) is 6.10. The Morgan fingerprint density at radius 1 is 1.23 bits per heavy atom. The summed E-state index contributed by atoms with van der Waals surface area (Å²) in [6.07, 6.45) is -0.129. The van der Waals surface area contributed by atoms with Crippen molar-refractivity contribution >= 4 is 5.91 Å². The topological polar surface area (TPSA) is 86.3 Å². The van der Waals surface area contributed by atoms with Gasteiger partial charge in [-0.25, -0.2) is 13.2 Å². The van der Waals surface area contributed by atoms with E-state index in [1.54, 1.807) is 9.47 Å². The molecule has 0 radical (unpaired) electrons. The largest absolute Gasteiger partial charge is 0.467 e. The first-order chi connectivity index (χ1) is 12.4. The van der Waals surface area contributed by atoms with Crippen molar-refractivity contribution in [2.75, 3.05) is 13.7 Å². The fourth-order valence-electron chi connectivity index (χ4n) is 2.92. The highest BCUT2D eigenvalue weighted by Gasteiger charge is 2.26. The third-order valence-corrected chi connectivity index (χ3v) is 4.26. The zero-order valence-corrected chi connectivity index (χ0v) is 14.1. The summed E-state index contributed by atoms with van der Waals surface area (Å²) in [5.74, 6) is -2.92. The Bertz CT molecular complexity index is 826. The molecule has 7 nitrogen and oxygen atoms in total. The van der Waals surface area contributed by atoms with Crippen LogP contribution in [0.1, 0.15) is 17.8 Å². The molecular weight excluding hydrogens is 351 g/mol. The fourth-order valence-corrected chi connectivity index (χ4v) is 2.92. The molecule has 2 aromatic rings. The van der Waals surface area contributed by atoms with Crippen LogP contribution in [0, 0.1) is 17.5 Å². The number of carbonyl (C=O) groups excluding carboxylic acids is 1. The van der Waals surface area contributed by atoms with Gasteiger partial charge >= 0.3 is 6.01 Å². The molecule has 0 fully saturated rings. The Morgan fingerprint density at radius 3 is 2.69 bits per heavy atom. The van der Waals surface area contributed by atoms with Crippen LogP contribution in [0.4, 0.5) is 13.2 Å². The smallest absolute Gasteiger partial charge is 0.316 e. The number of amides is 1. The SMILES string of the molecule is COc1nnc2n1CCN(C(=O)C[C@H](N)Cc1cc(F)c(F)cc1F)C2. The molecule has 1 aromatic carbocycles. The summed E-state index contributed by atoms with van der Waals surface area (Å²) >= 11 is 0. The Labute approximate surface area is 147 Å². The third-order valence-electron chi connectivity index (χ3n) is 4.26. The van der Waals surface area contributed by atoms with E-state index in [4.69, 9.17) is 10.5 Å². The standard InChI is InChI=1S/C16H18F3N5O2/c1-26-16-22-21-14-8-23(2-3-24(14)16)15(25)6-10(20)4-9-5-12(18)13(19)7-11(9)17/h5,7,10H,2-4,6,8,20H2,1H3/t10-/m1/s1. The maximum Gasteiger partial charge on any atom is 0.316 e. The number of fused-ring (bicyclic) bond motifs is 1. The average molecular weight is 369 g/mol. The molecule has 1 aliphatic heterocycles. The number of nitrogens with two attached hydrogens (primary N) is 1. The summed E-state index contributed by atoms with van der Waals surface area (Å²) in [5.41, 5.74) is 5.84. The van der Waals surface area contributed by atoms with E-state index in [1.807, 2.05) is 0 Å². The summed E-state index contributed by atoms with van der Waals surface area (Å²) in [7, 11) is 1.49. The van der Waals surface area contributed by atoms with Crippen LogP contribution in [0.5, 0.6) is 6.01 Å². The minimum Gasteiger partial charge on any atom is -0.467 e. The van der Waals surface area contributed by atoms with Gasteiger partial charge in [-0.05, 0) is 18.1 Å². The van der Waals surface area contributed by atoms with Crippen molar-refractivity contribution in [3.63, 3.8) is 0 Å². The van der Waals surface area contributed by atoms with Crippen LogP contribution in [0.15, 0.2) is 12.1 Å². The lowest BCUT2D eigenvalue weighted by atomic mass is 10.0. The first kappa shape index (κ1) is 18.2. The van der Waals surface area contributed by atoms with Gasteiger partial charge in [0.05, 0.1) is 13.7 Å². The van der Waals surface area contributed by atoms with Gasteiger partial charge in [-0.1, -0.05) is 5.10 Å². The number of rotatable bonds is 5. The number of benzene rings is 1. The van der Waals surface area contributed by atoms with E-state index in [0.717, 1.165) is 6.07 Å². The highest BCUT2D eigenvalue weighted by Crippen LogP contribution is 2.19. The summed E-state index contributed by atoms with van der Waals surface area (Å²) in [6, 6.07) is 0.906. The van der Waals surface area contributed by atoms with Gasteiger partial charge in [-0.3, -0.25) is 9.36 Å². The summed E-state index contributed by atoms with van der Waals surface area (Å²) in [6.45, 7) is 1.19. The van der Waals surface area contributed by atoms with Crippen molar-refractivity contribution in [3.05, 3.63) is 41.0 Å². The summed E-state index contributed by atoms with van der Waals surface area (Å²) < 4.78 is 46.8. The van der Waals surface area contributed by atoms with Crippen LogP contribution in [-0.2, 0) is 24.3 Å². The Balaban J connectivity index is 1.60. The summed E-state index contributed by atoms with van der Waals surface area (Å²) in [5, 5.41) is 7.84. The maximum absolute atomic E-state index is 13.7. The van der Waals surface area contributed by atoms with Crippen molar-refractivity contribution in [1.29, 1.82) is 0 Å². The highest BCUT2D eigenvalue weighted by atomic mass is 19.2. The van der Waals surface area contributed by atoms with Gasteiger partial charge < -0.3 is 15.4 Å². The number of nitrogens with zero attached hydrogens (tertiary/aromatic N) is 4. The van der Waals surface area contributed by atoms with Crippen LogP contribution in [0.2, 0.25) is 0 Å². The molecular formula is C16H18F3N5O2. The Kier molecular flexibility index (Phi) is 5.12. The van der Waals surface area contributed by atoms with E-state index in [1.165, 1.54) is 7.11 Å². The van der Waals surface area contributed by atoms with Gasteiger partial charge in [-0.15, -0.1) is 5.10 Å². The van der Waals surface area contributed by atoms with Crippen molar-refractivity contribution in [3.8, 4) is 6.01 Å². The fraction of sp³-hybridized carbons (Fsp3) is 0.438. The van der Waals surface area contributed by atoms with Gasteiger partial charge in [-0.2, -0.15) is 0 Å². The molecule has 10 heteroatoms. The number of hydrogen-bond acceptors (Lipinski definition) is 5. The van der Waals surface area contributed by atoms with Gasteiger partial charge in [0, 0.05) is 31.6 Å². The molecule has 0 saturated carbocycles. The molecule has 1 aromatic heterocycles. The van der Waals surface area contributed by atoms with E-state index < -0.39 is 23.5 Å². The summed E-state index contributed by atoms with van der Waals surface area (Å²) in [4.78, 5) is 14.0. The first-order valence-corrected chi connectivity index (χ1v) is 8.02. The second kappa shape index (κ2) is 7.32. The van der Waals surface area contributed by atoms with E-state index in [-0.39, 0.29) is 30.9 Å². The zero-order valence-electron chi connectivity index (χ0n) is 14.1. The van der Waals surface area contributed by atoms with Crippen molar-refractivity contribution < 1.29 is 22.7 Å². The maximum atomic E-state index is 13.7. The number of carbonyl (C=O) groups is 1. The lowest BCUT2D eigenvalue weighted by Crippen LogP contribution is -2.41. The number of aromatic nitrogens is 3. The molecule has 26 heavy (non-hydrogen) atoms. The minimum atomic E-state index is -1.26. The van der Waals surface area contributed by atoms with Gasteiger partial charge in [0.1, 0.15) is 5.82 Å². The Morgan fingerprint density at radius 2 is 1.96 bits per heavy atom. The highest BCUT2D eigenvalue weighted by molar-refractivity contribution is 5.76. The van der Waals surface area contributed by atoms with E-state index >= 15 is 0 Å². The molecule has 0 aliphatic carbocycles. The van der Waals surface area contributed by atoms with Crippen LogP contribution < -0.4 is 10.5 Å². The number of methoxy groups -OCH3 is 1. The molecule has 2 heterocycles. The van der Waals surface area contributed by atoms with Crippen LogP contribution in [0.3, 0.4) is 0 Å². The quantitative estimate of drug-likeness (QED) is 0.795. The molecule has 2 N–H and O–H groups in total. The molecule has 1 amide bonds. The van der Waals surface area contributed by atoms with Crippen LogP contribution in [0.25, 0.3) is 0 Å². The normalized spacial score (nSPS) is 14.9. The van der Waals surface area contributed by atoms with E-state index in [0.29, 0.717) is 31.0 Å². The average Bonchev–Trinajstić information content (AvgIpc) is 3.01. The molecule has 0 saturated heterocycles. The lowest BCUT2D eigenvalue weighted by molar-refractivity contribution is -0.133. The van der Waals surface area contributed by atoms with Crippen LogP contribution >= 0.6 is 0 Å². The minimum absolute atomic E-state index is 0.0519. The Hall–Kier alpha value is -2.62. The molecule has 0 unspecified atom stereocenters. The monoisotopic (exact) mass is 369 g/mol. The molecule has 1 atom stereocenters. The lowest BCUT2D eigenvalue weighted by Gasteiger charge is -2.28. The van der Waals surface area contributed by atoms with Crippen molar-refractivity contribution in [2.24, 2.45) is 5.73 Å². The number of hydrogen-bond donors (Lipinski definition) is 1. The van der Waals surface area contributed by atoms with E-state index in [9.17, 15) is 18.0 Å². The molecule has 3 rings (SSSR count). The van der Waals surface area contributed by atoms with Crippen molar-refractivity contribution in [1.82, 2.24) is 19.7 Å². The number of halogens is 3. The van der Waals surface area contributed by atoms with Gasteiger partial charge in [0.15, 0.2) is 17.5 Å².